The summed E-state index contributed by atoms with van der Waals surface area (Å²) in [5.74, 6) is -0.303. The lowest BCUT2D eigenvalue weighted by Crippen LogP contribution is -2.30. The van der Waals surface area contributed by atoms with E-state index in [4.69, 9.17) is 0 Å². The maximum atomic E-state index is 12.7. The van der Waals surface area contributed by atoms with E-state index in [1.807, 2.05) is 18.2 Å². The van der Waals surface area contributed by atoms with Crippen molar-refractivity contribution in [3.63, 3.8) is 0 Å². The highest BCUT2D eigenvalue weighted by molar-refractivity contribution is 5.96. The van der Waals surface area contributed by atoms with Crippen molar-refractivity contribution in [2.24, 2.45) is 5.41 Å². The summed E-state index contributed by atoms with van der Waals surface area (Å²) in [6.45, 7) is 5.48. The normalized spacial score (nSPS) is 19.7. The number of nitrogens with zero attached hydrogens (tertiary/aromatic N) is 1. The van der Waals surface area contributed by atoms with Gasteiger partial charge in [-0.25, -0.2) is 0 Å². The molecule has 2 heterocycles. The molecule has 0 bridgehead atoms. The van der Waals surface area contributed by atoms with Gasteiger partial charge in [0.2, 0.25) is 0 Å². The van der Waals surface area contributed by atoms with Crippen LogP contribution in [-0.2, 0) is 0 Å². The van der Waals surface area contributed by atoms with Crippen molar-refractivity contribution < 1.29 is 9.90 Å². The number of H-pyrrole nitrogens is 1. The van der Waals surface area contributed by atoms with Crippen LogP contribution >= 0.6 is 0 Å². The Balaban J connectivity index is 1.88. The van der Waals surface area contributed by atoms with Gasteiger partial charge in [0, 0.05) is 31.3 Å². The molecular formula is C18H20N2O3. The average molecular weight is 312 g/mol. The summed E-state index contributed by atoms with van der Waals surface area (Å²) in [5, 5.41) is 9.87. The highest BCUT2D eigenvalue weighted by Crippen LogP contribution is 2.42. The van der Waals surface area contributed by atoms with Crippen molar-refractivity contribution in [2.45, 2.75) is 19.8 Å². The number of carbonyl (C=O) groups excluding carboxylic acids is 1. The van der Waals surface area contributed by atoms with E-state index in [2.05, 4.69) is 31.0 Å². The van der Waals surface area contributed by atoms with Crippen molar-refractivity contribution in [3.8, 4) is 5.75 Å². The number of carbonyl (C=O) groups is 1. The second-order valence-electron chi connectivity index (χ2n) is 6.73. The predicted octanol–water partition coefficient (Wildman–Crippen LogP) is 2.35. The first-order chi connectivity index (χ1) is 10.9. The Kier molecular flexibility index (Phi) is 3.72. The van der Waals surface area contributed by atoms with Crippen LogP contribution in [0, 0.1) is 5.41 Å². The van der Waals surface area contributed by atoms with E-state index in [1.165, 1.54) is 11.8 Å². The summed E-state index contributed by atoms with van der Waals surface area (Å²) in [6, 6.07) is 11.2. The fourth-order valence-electron chi connectivity index (χ4n) is 3.33. The molecule has 2 aromatic rings. The first-order valence-corrected chi connectivity index (χ1v) is 7.64. The van der Waals surface area contributed by atoms with Gasteiger partial charge in [0.1, 0.15) is 5.75 Å². The largest absolute Gasteiger partial charge is 0.507 e. The highest BCUT2D eigenvalue weighted by Gasteiger charge is 2.42. The number of nitrogens with one attached hydrogen (secondary N) is 1. The number of rotatable bonds is 2. The van der Waals surface area contributed by atoms with E-state index in [-0.39, 0.29) is 28.6 Å². The maximum absolute atomic E-state index is 12.7. The number of amides is 1. The molecule has 1 aromatic carbocycles. The lowest BCUT2D eigenvalue weighted by Gasteiger charge is -2.25. The van der Waals surface area contributed by atoms with E-state index in [1.54, 1.807) is 4.90 Å². The molecule has 1 atom stereocenters. The monoisotopic (exact) mass is 312 g/mol. The molecule has 0 spiro atoms. The van der Waals surface area contributed by atoms with Crippen molar-refractivity contribution in [3.05, 3.63) is 64.1 Å². The summed E-state index contributed by atoms with van der Waals surface area (Å²) in [6.07, 6.45) is 1.28. The van der Waals surface area contributed by atoms with E-state index < -0.39 is 5.56 Å². The molecule has 1 aliphatic heterocycles. The van der Waals surface area contributed by atoms with Gasteiger partial charge in [-0.2, -0.15) is 0 Å². The molecule has 0 saturated carbocycles. The number of hydrogen-bond donors (Lipinski definition) is 2. The Labute approximate surface area is 134 Å². The van der Waals surface area contributed by atoms with Crippen molar-refractivity contribution in [1.29, 1.82) is 0 Å². The second kappa shape index (κ2) is 5.57. The molecule has 0 aliphatic carbocycles. The van der Waals surface area contributed by atoms with E-state index in [0.717, 1.165) is 6.07 Å². The summed E-state index contributed by atoms with van der Waals surface area (Å²) >= 11 is 0. The summed E-state index contributed by atoms with van der Waals surface area (Å²) in [7, 11) is 0. The van der Waals surface area contributed by atoms with Gasteiger partial charge in [0.05, 0.1) is 5.56 Å². The Morgan fingerprint density at radius 1 is 1.30 bits per heavy atom. The number of pyridine rings is 1. The van der Waals surface area contributed by atoms with Gasteiger partial charge in [-0.3, -0.25) is 9.59 Å². The Morgan fingerprint density at radius 3 is 2.65 bits per heavy atom. The van der Waals surface area contributed by atoms with Crippen molar-refractivity contribution in [1.82, 2.24) is 9.88 Å². The smallest absolute Gasteiger partial charge is 0.259 e. The zero-order chi connectivity index (χ0) is 16.6. The topological polar surface area (TPSA) is 73.4 Å². The van der Waals surface area contributed by atoms with Crippen LogP contribution in [0.1, 0.15) is 35.7 Å². The Morgan fingerprint density at radius 2 is 2.00 bits per heavy atom. The molecule has 5 nitrogen and oxygen atoms in total. The number of aromatic amines is 1. The van der Waals surface area contributed by atoms with Gasteiger partial charge in [-0.05, 0) is 11.0 Å². The molecular weight excluding hydrogens is 292 g/mol. The first-order valence-electron chi connectivity index (χ1n) is 7.64. The van der Waals surface area contributed by atoms with Gasteiger partial charge in [0.25, 0.3) is 11.5 Å². The van der Waals surface area contributed by atoms with Gasteiger partial charge in [0.15, 0.2) is 0 Å². The van der Waals surface area contributed by atoms with Gasteiger partial charge < -0.3 is 15.0 Å². The minimum atomic E-state index is -0.428. The van der Waals surface area contributed by atoms with E-state index >= 15 is 0 Å². The predicted molar refractivity (Wildman–Crippen MR) is 87.6 cm³/mol. The Bertz CT molecular complexity index is 780. The average Bonchev–Trinajstić information content (AvgIpc) is 2.83. The number of aromatic hydroxyl groups is 1. The van der Waals surface area contributed by atoms with Crippen LogP contribution in [0.25, 0.3) is 0 Å². The molecule has 23 heavy (non-hydrogen) atoms. The third-order valence-electron chi connectivity index (χ3n) is 4.57. The molecule has 1 saturated heterocycles. The SMILES string of the molecule is CC1(C)CN(C(=O)c2c[nH]c(=O)cc2O)CC1c1ccccc1. The molecule has 0 radical (unpaired) electrons. The number of hydrogen-bond acceptors (Lipinski definition) is 3. The van der Waals surface area contributed by atoms with Crippen LogP contribution < -0.4 is 5.56 Å². The van der Waals surface area contributed by atoms with Crippen molar-refractivity contribution >= 4 is 5.91 Å². The lowest BCUT2D eigenvalue weighted by molar-refractivity contribution is 0.0774. The van der Waals surface area contributed by atoms with Crippen LogP contribution in [0.3, 0.4) is 0 Å². The number of benzene rings is 1. The fraction of sp³-hybridized carbons (Fsp3) is 0.333. The van der Waals surface area contributed by atoms with E-state index in [0.29, 0.717) is 13.1 Å². The highest BCUT2D eigenvalue weighted by atomic mass is 16.3. The maximum Gasteiger partial charge on any atom is 0.259 e. The number of aromatic nitrogens is 1. The summed E-state index contributed by atoms with van der Waals surface area (Å²) < 4.78 is 0. The Hall–Kier alpha value is -2.56. The molecule has 1 aromatic heterocycles. The molecule has 1 unspecified atom stereocenters. The lowest BCUT2D eigenvalue weighted by atomic mass is 9.78. The molecule has 2 N–H and O–H groups in total. The van der Waals surface area contributed by atoms with Gasteiger partial charge in [-0.1, -0.05) is 44.2 Å². The van der Waals surface area contributed by atoms with Crippen LogP contribution in [0.5, 0.6) is 5.75 Å². The number of likely N-dealkylation sites (tertiary alicyclic amines) is 1. The fourth-order valence-corrected chi connectivity index (χ4v) is 3.33. The third-order valence-corrected chi connectivity index (χ3v) is 4.57. The minimum Gasteiger partial charge on any atom is -0.507 e. The molecule has 3 rings (SSSR count). The zero-order valence-corrected chi connectivity index (χ0v) is 13.2. The third kappa shape index (κ3) is 2.86. The first kappa shape index (κ1) is 15.3. The van der Waals surface area contributed by atoms with Crippen LogP contribution in [0.2, 0.25) is 0 Å². The quantitative estimate of drug-likeness (QED) is 0.894. The molecule has 5 heteroatoms. The molecule has 1 aliphatic rings. The van der Waals surface area contributed by atoms with E-state index in [9.17, 15) is 14.7 Å². The van der Waals surface area contributed by atoms with Gasteiger partial charge in [-0.15, -0.1) is 0 Å². The van der Waals surface area contributed by atoms with Crippen LogP contribution in [0.4, 0.5) is 0 Å². The minimum absolute atomic E-state index is 0.0607. The molecule has 1 fully saturated rings. The van der Waals surface area contributed by atoms with Crippen molar-refractivity contribution in [2.75, 3.05) is 13.1 Å². The van der Waals surface area contributed by atoms with Crippen LogP contribution in [-0.4, -0.2) is 34.0 Å². The van der Waals surface area contributed by atoms with Gasteiger partial charge >= 0.3 is 0 Å². The summed E-state index contributed by atoms with van der Waals surface area (Å²) in [5.41, 5.74) is 0.852. The summed E-state index contributed by atoms with van der Waals surface area (Å²) in [4.78, 5) is 28.1. The molecule has 1 amide bonds. The molecule has 120 valence electrons. The standard InChI is InChI=1S/C18H20N2O3/c1-18(2)11-20(10-14(18)12-6-4-3-5-7-12)17(23)13-9-19-16(22)8-15(13)21/h3-9,14H,10-11H2,1-2H3,(H2,19,21,22). The zero-order valence-electron chi connectivity index (χ0n) is 13.2. The van der Waals surface area contributed by atoms with Crippen LogP contribution in [0.15, 0.2) is 47.4 Å². The second-order valence-corrected chi connectivity index (χ2v) is 6.73.